The zero-order valence-electron chi connectivity index (χ0n) is 12.7. The third kappa shape index (κ3) is 2.90. The maximum Gasteiger partial charge on any atom is 0.0830 e. The molecule has 1 unspecified atom stereocenters. The monoisotopic (exact) mass is 291 g/mol. The maximum absolute atomic E-state index is 6.52. The number of ether oxygens (including phenoxy) is 1. The molecular weight excluding hydrogens is 266 g/mol. The van der Waals surface area contributed by atoms with Crippen LogP contribution in [0.25, 0.3) is 10.1 Å². The number of fused-ring (bicyclic) bond motifs is 1. The number of nitrogens with two attached hydrogens (primary N) is 1. The molecule has 3 heteroatoms. The fourth-order valence-corrected chi connectivity index (χ4v) is 3.96. The van der Waals surface area contributed by atoms with Gasteiger partial charge in [0.15, 0.2) is 0 Å². The molecule has 1 atom stereocenters. The summed E-state index contributed by atoms with van der Waals surface area (Å²) in [7, 11) is 0. The summed E-state index contributed by atoms with van der Waals surface area (Å²) >= 11 is 1.80. The van der Waals surface area contributed by atoms with Crippen molar-refractivity contribution >= 4 is 21.4 Å². The maximum atomic E-state index is 6.52. The first-order chi connectivity index (χ1) is 9.66. The Morgan fingerprint density at radius 3 is 2.55 bits per heavy atom. The Kier molecular flexibility index (Phi) is 5.19. The Bertz CT molecular complexity index is 545. The number of thiophene rings is 1. The van der Waals surface area contributed by atoms with Crippen molar-refractivity contribution in [2.24, 2.45) is 5.73 Å². The Balaban J connectivity index is 2.23. The number of hydrogen-bond acceptors (Lipinski definition) is 3. The molecule has 0 bridgehead atoms. The molecule has 0 amide bonds. The average molecular weight is 291 g/mol. The molecule has 0 saturated carbocycles. The molecule has 1 heterocycles. The molecule has 0 fully saturated rings. The van der Waals surface area contributed by atoms with Gasteiger partial charge >= 0.3 is 0 Å². The van der Waals surface area contributed by atoms with Crippen molar-refractivity contribution in [3.63, 3.8) is 0 Å². The van der Waals surface area contributed by atoms with Crippen LogP contribution in [0.15, 0.2) is 29.6 Å². The van der Waals surface area contributed by atoms with Gasteiger partial charge in [-0.3, -0.25) is 0 Å². The van der Waals surface area contributed by atoms with E-state index in [2.05, 4.69) is 43.5 Å². The number of rotatable bonds is 7. The van der Waals surface area contributed by atoms with Gasteiger partial charge in [-0.15, -0.1) is 11.3 Å². The van der Waals surface area contributed by atoms with Gasteiger partial charge in [0.1, 0.15) is 0 Å². The summed E-state index contributed by atoms with van der Waals surface area (Å²) in [6, 6.07) is 8.58. The van der Waals surface area contributed by atoms with Crippen LogP contribution in [0.1, 0.15) is 39.2 Å². The summed E-state index contributed by atoms with van der Waals surface area (Å²) in [6.45, 7) is 7.11. The molecule has 0 radical (unpaired) electrons. The lowest BCUT2D eigenvalue weighted by Crippen LogP contribution is -2.50. The van der Waals surface area contributed by atoms with E-state index in [0.29, 0.717) is 0 Å². The first-order valence-electron chi connectivity index (χ1n) is 7.51. The van der Waals surface area contributed by atoms with E-state index < -0.39 is 0 Å². The van der Waals surface area contributed by atoms with E-state index in [1.165, 1.54) is 15.6 Å². The average Bonchev–Trinajstić information content (AvgIpc) is 2.88. The van der Waals surface area contributed by atoms with Crippen molar-refractivity contribution < 1.29 is 4.74 Å². The molecule has 1 aromatic heterocycles. The summed E-state index contributed by atoms with van der Waals surface area (Å²) in [5.41, 5.74) is 7.68. The Morgan fingerprint density at radius 2 is 1.90 bits per heavy atom. The first kappa shape index (κ1) is 15.5. The fourth-order valence-electron chi connectivity index (χ4n) is 2.99. The lowest BCUT2D eigenvalue weighted by Gasteiger charge is -2.37. The fraction of sp³-hybridized carbons (Fsp3) is 0.529. The molecule has 0 aliphatic heterocycles. The van der Waals surface area contributed by atoms with E-state index in [-0.39, 0.29) is 11.6 Å². The molecule has 0 saturated heterocycles. The highest BCUT2D eigenvalue weighted by Crippen LogP contribution is 2.31. The Hall–Kier alpha value is -0.900. The molecule has 0 aliphatic rings. The van der Waals surface area contributed by atoms with E-state index in [0.717, 1.165) is 25.9 Å². The Morgan fingerprint density at radius 1 is 1.20 bits per heavy atom. The van der Waals surface area contributed by atoms with E-state index >= 15 is 0 Å². The van der Waals surface area contributed by atoms with Crippen LogP contribution in [0.2, 0.25) is 0 Å². The molecule has 2 N–H and O–H groups in total. The summed E-state index contributed by atoms with van der Waals surface area (Å²) < 4.78 is 7.37. The number of hydrogen-bond donors (Lipinski definition) is 1. The van der Waals surface area contributed by atoms with Crippen LogP contribution in [0.4, 0.5) is 0 Å². The van der Waals surface area contributed by atoms with Gasteiger partial charge in [0, 0.05) is 17.3 Å². The van der Waals surface area contributed by atoms with Gasteiger partial charge in [-0.25, -0.2) is 0 Å². The van der Waals surface area contributed by atoms with Gasteiger partial charge in [-0.05, 0) is 48.6 Å². The predicted molar refractivity (Wildman–Crippen MR) is 88.4 cm³/mol. The second-order valence-corrected chi connectivity index (χ2v) is 6.18. The molecule has 2 rings (SSSR count). The van der Waals surface area contributed by atoms with E-state index in [1.807, 2.05) is 6.92 Å². The van der Waals surface area contributed by atoms with Crippen LogP contribution in [-0.4, -0.2) is 18.2 Å². The highest BCUT2D eigenvalue weighted by Gasteiger charge is 2.34. The van der Waals surface area contributed by atoms with Crippen LogP contribution in [0, 0.1) is 0 Å². The Labute approximate surface area is 125 Å². The smallest absolute Gasteiger partial charge is 0.0830 e. The quantitative estimate of drug-likeness (QED) is 0.822. The minimum absolute atomic E-state index is 0.0375. The molecule has 20 heavy (non-hydrogen) atoms. The van der Waals surface area contributed by atoms with E-state index in [1.54, 1.807) is 11.3 Å². The second kappa shape index (κ2) is 6.70. The van der Waals surface area contributed by atoms with Crippen molar-refractivity contribution in [2.75, 3.05) is 6.61 Å². The van der Waals surface area contributed by atoms with Gasteiger partial charge in [-0.1, -0.05) is 32.0 Å². The predicted octanol–water partition coefficient (Wildman–Crippen LogP) is 4.37. The van der Waals surface area contributed by atoms with E-state index in [9.17, 15) is 0 Å². The first-order valence-corrected chi connectivity index (χ1v) is 8.39. The van der Waals surface area contributed by atoms with Crippen molar-refractivity contribution in [2.45, 2.75) is 51.7 Å². The van der Waals surface area contributed by atoms with Gasteiger partial charge in [0.2, 0.25) is 0 Å². The molecule has 2 nitrogen and oxygen atoms in total. The van der Waals surface area contributed by atoms with E-state index in [4.69, 9.17) is 10.5 Å². The molecule has 0 aliphatic carbocycles. The summed E-state index contributed by atoms with van der Waals surface area (Å²) in [6.07, 6.45) is 2.80. The van der Waals surface area contributed by atoms with Crippen molar-refractivity contribution in [3.05, 3.63) is 35.2 Å². The third-order valence-electron chi connectivity index (χ3n) is 4.31. The SMILES string of the molecule is CCOC(CC)(CC)C(N)Cc1csc2ccccc12. The molecule has 110 valence electrons. The van der Waals surface area contributed by atoms with Crippen molar-refractivity contribution in [1.82, 2.24) is 0 Å². The van der Waals surface area contributed by atoms with Crippen LogP contribution in [0.3, 0.4) is 0 Å². The third-order valence-corrected chi connectivity index (χ3v) is 5.32. The summed E-state index contributed by atoms with van der Waals surface area (Å²) in [4.78, 5) is 0. The van der Waals surface area contributed by atoms with Crippen LogP contribution >= 0.6 is 11.3 Å². The van der Waals surface area contributed by atoms with Gasteiger partial charge in [0.25, 0.3) is 0 Å². The molecule has 0 spiro atoms. The van der Waals surface area contributed by atoms with Crippen LogP contribution in [0.5, 0.6) is 0 Å². The van der Waals surface area contributed by atoms with Crippen molar-refractivity contribution in [3.8, 4) is 0 Å². The van der Waals surface area contributed by atoms with Gasteiger partial charge in [-0.2, -0.15) is 0 Å². The topological polar surface area (TPSA) is 35.2 Å². The minimum Gasteiger partial charge on any atom is -0.374 e. The normalized spacial score (nSPS) is 13.8. The standard InChI is InChI=1S/C17H25NOS/c1-4-17(5-2,19-6-3)16(18)11-13-12-20-15-10-8-7-9-14(13)15/h7-10,12,16H,4-6,11,18H2,1-3H3. The van der Waals surface area contributed by atoms with Crippen LogP contribution < -0.4 is 5.73 Å². The molecule has 2 aromatic rings. The van der Waals surface area contributed by atoms with Gasteiger partial charge in [0.05, 0.1) is 5.60 Å². The second-order valence-electron chi connectivity index (χ2n) is 5.27. The highest BCUT2D eigenvalue weighted by molar-refractivity contribution is 7.17. The zero-order chi connectivity index (χ0) is 14.6. The highest BCUT2D eigenvalue weighted by atomic mass is 32.1. The lowest BCUT2D eigenvalue weighted by atomic mass is 9.85. The summed E-state index contributed by atoms with van der Waals surface area (Å²) in [5, 5.41) is 3.58. The van der Waals surface area contributed by atoms with Crippen LogP contribution in [-0.2, 0) is 11.2 Å². The summed E-state index contributed by atoms with van der Waals surface area (Å²) in [5.74, 6) is 0. The molecular formula is C17H25NOS. The minimum atomic E-state index is -0.197. The van der Waals surface area contributed by atoms with Gasteiger partial charge < -0.3 is 10.5 Å². The zero-order valence-corrected chi connectivity index (χ0v) is 13.5. The number of benzene rings is 1. The largest absolute Gasteiger partial charge is 0.374 e. The lowest BCUT2D eigenvalue weighted by molar-refractivity contribution is -0.0632. The molecule has 1 aromatic carbocycles. The van der Waals surface area contributed by atoms with Crippen molar-refractivity contribution in [1.29, 1.82) is 0 Å².